The number of hydrogen-bond donors (Lipinski definition) is 2. The number of rotatable bonds is 6. The van der Waals surface area contributed by atoms with Gasteiger partial charge in [-0.1, -0.05) is 29.8 Å². The Labute approximate surface area is 170 Å². The number of benzene rings is 1. The SMILES string of the molecule is I.NC(=NCCCOc1ncc(C(F)(F)F)cc1Cl)Nc1ccccc1. The number of nitrogens with one attached hydrogen (secondary N) is 1. The Morgan fingerprint density at radius 2 is 1.96 bits per heavy atom. The van der Waals surface area contributed by atoms with Crippen LogP contribution >= 0.6 is 35.6 Å². The molecule has 142 valence electrons. The minimum absolute atomic E-state index is 0. The number of pyridine rings is 1. The fraction of sp³-hybridized carbons (Fsp3) is 0.250. The number of ether oxygens (including phenoxy) is 1. The molecule has 26 heavy (non-hydrogen) atoms. The lowest BCUT2D eigenvalue weighted by molar-refractivity contribution is -0.137. The standard InChI is InChI=1S/C16H16ClF3N4O.HI/c17-13-9-11(16(18,19)20)10-23-14(13)25-8-4-7-22-15(21)24-12-5-2-1-3-6-12;/h1-3,5-6,9-10H,4,7-8H2,(H3,21,22,24);1H. The number of anilines is 1. The van der Waals surface area contributed by atoms with E-state index in [-0.39, 0.29) is 47.4 Å². The molecule has 0 amide bonds. The Kier molecular flexibility index (Phi) is 8.93. The maximum Gasteiger partial charge on any atom is 0.417 e. The molecule has 2 aromatic rings. The summed E-state index contributed by atoms with van der Waals surface area (Å²) in [7, 11) is 0. The molecule has 3 N–H and O–H groups in total. The van der Waals surface area contributed by atoms with Crippen molar-refractivity contribution in [3.63, 3.8) is 0 Å². The topological polar surface area (TPSA) is 72.5 Å². The summed E-state index contributed by atoms with van der Waals surface area (Å²) in [5.74, 6) is 0.214. The second kappa shape index (κ2) is 10.4. The van der Waals surface area contributed by atoms with Gasteiger partial charge in [0.2, 0.25) is 5.88 Å². The molecule has 0 saturated carbocycles. The predicted molar refractivity (Wildman–Crippen MR) is 106 cm³/mol. The molecule has 0 spiro atoms. The van der Waals surface area contributed by atoms with Gasteiger partial charge in [0.25, 0.3) is 0 Å². The Morgan fingerprint density at radius 1 is 1.27 bits per heavy atom. The van der Waals surface area contributed by atoms with E-state index in [2.05, 4.69) is 15.3 Å². The van der Waals surface area contributed by atoms with Crippen molar-refractivity contribution in [1.82, 2.24) is 4.98 Å². The molecule has 1 heterocycles. The molecule has 0 unspecified atom stereocenters. The molecule has 0 radical (unpaired) electrons. The van der Waals surface area contributed by atoms with Crippen molar-refractivity contribution < 1.29 is 17.9 Å². The Morgan fingerprint density at radius 3 is 2.58 bits per heavy atom. The number of nitrogens with zero attached hydrogens (tertiary/aromatic N) is 2. The predicted octanol–water partition coefficient (Wildman–Crippen LogP) is 4.57. The largest absolute Gasteiger partial charge is 0.477 e. The van der Waals surface area contributed by atoms with Gasteiger partial charge in [0, 0.05) is 24.8 Å². The third-order valence-corrected chi connectivity index (χ3v) is 3.28. The molecular formula is C16H17ClF3IN4O. The first-order chi connectivity index (χ1) is 11.9. The van der Waals surface area contributed by atoms with Crippen LogP contribution < -0.4 is 15.8 Å². The van der Waals surface area contributed by atoms with Crippen LogP contribution in [0.3, 0.4) is 0 Å². The molecule has 0 aliphatic heterocycles. The van der Waals surface area contributed by atoms with Gasteiger partial charge >= 0.3 is 6.18 Å². The maximum atomic E-state index is 12.5. The highest BCUT2D eigenvalue weighted by molar-refractivity contribution is 14.0. The van der Waals surface area contributed by atoms with Crippen LogP contribution in [-0.4, -0.2) is 24.1 Å². The summed E-state index contributed by atoms with van der Waals surface area (Å²) in [6, 6.07) is 10.1. The summed E-state index contributed by atoms with van der Waals surface area (Å²) < 4.78 is 42.8. The zero-order valence-corrected chi connectivity index (χ0v) is 16.5. The number of aliphatic imine (C=N–C) groups is 1. The smallest absolute Gasteiger partial charge is 0.417 e. The third-order valence-electron chi connectivity index (χ3n) is 3.00. The van der Waals surface area contributed by atoms with Crippen LogP contribution in [-0.2, 0) is 6.18 Å². The van der Waals surface area contributed by atoms with E-state index in [1.54, 1.807) is 0 Å². The number of para-hydroxylation sites is 1. The van der Waals surface area contributed by atoms with E-state index in [0.29, 0.717) is 19.2 Å². The first kappa shape index (κ1) is 22.3. The third kappa shape index (κ3) is 7.24. The number of halogens is 5. The number of guanidine groups is 1. The molecule has 0 fully saturated rings. The van der Waals surface area contributed by atoms with Crippen molar-refractivity contribution in [1.29, 1.82) is 0 Å². The highest BCUT2D eigenvalue weighted by atomic mass is 127. The first-order valence-electron chi connectivity index (χ1n) is 7.34. The van der Waals surface area contributed by atoms with Gasteiger partial charge in [0.05, 0.1) is 12.2 Å². The lowest BCUT2D eigenvalue weighted by atomic mass is 10.3. The maximum absolute atomic E-state index is 12.5. The lowest BCUT2D eigenvalue weighted by Gasteiger charge is -2.10. The molecule has 10 heteroatoms. The first-order valence-corrected chi connectivity index (χ1v) is 7.71. The molecule has 2 rings (SSSR count). The van der Waals surface area contributed by atoms with Crippen molar-refractivity contribution in [2.75, 3.05) is 18.5 Å². The van der Waals surface area contributed by atoms with Crippen LogP contribution in [0.1, 0.15) is 12.0 Å². The highest BCUT2D eigenvalue weighted by Gasteiger charge is 2.31. The minimum atomic E-state index is -4.49. The van der Waals surface area contributed by atoms with Crippen LogP contribution in [0, 0.1) is 0 Å². The van der Waals surface area contributed by atoms with Crippen molar-refractivity contribution in [2.45, 2.75) is 12.6 Å². The highest BCUT2D eigenvalue weighted by Crippen LogP contribution is 2.33. The second-order valence-corrected chi connectivity index (χ2v) is 5.38. The summed E-state index contributed by atoms with van der Waals surface area (Å²) in [5.41, 5.74) is 5.64. The van der Waals surface area contributed by atoms with Crippen LogP contribution in [0.2, 0.25) is 5.02 Å². The van der Waals surface area contributed by atoms with E-state index in [0.717, 1.165) is 11.8 Å². The number of aromatic nitrogens is 1. The Bertz CT molecular complexity index is 729. The van der Waals surface area contributed by atoms with E-state index in [4.69, 9.17) is 22.1 Å². The van der Waals surface area contributed by atoms with Gasteiger partial charge in [-0.3, -0.25) is 4.99 Å². The zero-order valence-electron chi connectivity index (χ0n) is 13.5. The van der Waals surface area contributed by atoms with Gasteiger partial charge < -0.3 is 15.8 Å². The monoisotopic (exact) mass is 500 g/mol. The Balaban J connectivity index is 0.00000338. The van der Waals surface area contributed by atoms with Crippen LogP contribution in [0.4, 0.5) is 18.9 Å². The van der Waals surface area contributed by atoms with E-state index in [1.165, 1.54) is 0 Å². The van der Waals surface area contributed by atoms with Gasteiger partial charge in [0.1, 0.15) is 5.02 Å². The quantitative estimate of drug-likeness (QED) is 0.264. The van der Waals surface area contributed by atoms with Crippen molar-refractivity contribution in [3.05, 3.63) is 53.2 Å². The van der Waals surface area contributed by atoms with Crippen LogP contribution in [0.15, 0.2) is 47.6 Å². The molecule has 1 aromatic heterocycles. The molecule has 0 aliphatic rings. The summed E-state index contributed by atoms with van der Waals surface area (Å²) in [5, 5.41) is 2.74. The van der Waals surface area contributed by atoms with Gasteiger partial charge in [-0.05, 0) is 18.2 Å². The van der Waals surface area contributed by atoms with E-state index >= 15 is 0 Å². The van der Waals surface area contributed by atoms with Crippen LogP contribution in [0.25, 0.3) is 0 Å². The van der Waals surface area contributed by atoms with Gasteiger partial charge in [-0.15, -0.1) is 24.0 Å². The fourth-order valence-corrected chi connectivity index (χ4v) is 2.05. The van der Waals surface area contributed by atoms with Crippen molar-refractivity contribution >= 4 is 47.2 Å². The average molecular weight is 501 g/mol. The van der Waals surface area contributed by atoms with E-state index in [9.17, 15) is 13.2 Å². The van der Waals surface area contributed by atoms with Crippen molar-refractivity contribution in [2.24, 2.45) is 10.7 Å². The normalized spacial score (nSPS) is 11.6. The summed E-state index contributed by atoms with van der Waals surface area (Å²) in [6.45, 7) is 0.574. The fourth-order valence-electron chi connectivity index (χ4n) is 1.83. The van der Waals surface area contributed by atoms with Gasteiger partial charge in [-0.25, -0.2) is 4.98 Å². The molecule has 0 aliphatic carbocycles. The lowest BCUT2D eigenvalue weighted by Crippen LogP contribution is -2.23. The molecule has 5 nitrogen and oxygen atoms in total. The summed E-state index contributed by atoms with van der Waals surface area (Å²) in [4.78, 5) is 7.71. The number of alkyl halides is 3. The average Bonchev–Trinajstić information content (AvgIpc) is 2.55. The second-order valence-electron chi connectivity index (χ2n) is 4.97. The van der Waals surface area contributed by atoms with Crippen molar-refractivity contribution in [3.8, 4) is 5.88 Å². The molecule has 0 bridgehead atoms. The molecule has 1 aromatic carbocycles. The van der Waals surface area contributed by atoms with Gasteiger partial charge in [-0.2, -0.15) is 13.2 Å². The Hall–Kier alpha value is -1.75. The summed E-state index contributed by atoms with van der Waals surface area (Å²) >= 11 is 5.74. The van der Waals surface area contributed by atoms with E-state index in [1.807, 2.05) is 30.3 Å². The van der Waals surface area contributed by atoms with Gasteiger partial charge in [0.15, 0.2) is 5.96 Å². The zero-order chi connectivity index (χ0) is 18.3. The minimum Gasteiger partial charge on any atom is -0.477 e. The number of hydrogen-bond acceptors (Lipinski definition) is 3. The number of nitrogens with two attached hydrogens (primary N) is 1. The molecule has 0 atom stereocenters. The van der Waals surface area contributed by atoms with E-state index < -0.39 is 11.7 Å². The van der Waals surface area contributed by atoms with Crippen LogP contribution in [0.5, 0.6) is 5.88 Å². The molecule has 0 saturated heterocycles. The summed E-state index contributed by atoms with van der Waals surface area (Å²) in [6.07, 6.45) is -3.31. The molecular weight excluding hydrogens is 484 g/mol.